The third-order valence-electron chi connectivity index (χ3n) is 3.15. The number of nitriles is 1. The molecule has 1 N–H and O–H groups in total. The monoisotopic (exact) mass is 325 g/mol. The second-order valence-electron chi connectivity index (χ2n) is 4.88. The number of rotatable bonds is 6. The standard InChI is InChI=1S/C16H15N5O3/c1-11-7-13(10-24-2)14(8-17)16(19-11)20-18-9-12-5-3-4-6-15(12)21(22)23/h3-7,9H,10H2,1-2H3,(H,19,20). The van der Waals surface area contributed by atoms with Crippen LogP contribution in [0.2, 0.25) is 0 Å². The van der Waals surface area contributed by atoms with Crippen LogP contribution in [0.15, 0.2) is 35.4 Å². The molecule has 1 aromatic carbocycles. The molecule has 2 rings (SSSR count). The first-order valence-corrected chi connectivity index (χ1v) is 6.99. The highest BCUT2D eigenvalue weighted by atomic mass is 16.6. The zero-order valence-corrected chi connectivity index (χ0v) is 13.2. The van der Waals surface area contributed by atoms with E-state index in [0.717, 1.165) is 0 Å². The van der Waals surface area contributed by atoms with Gasteiger partial charge < -0.3 is 4.74 Å². The molecule has 0 saturated carbocycles. The number of ether oxygens (including phenoxy) is 1. The van der Waals surface area contributed by atoms with E-state index in [-0.39, 0.29) is 18.1 Å². The molecule has 8 heteroatoms. The molecule has 0 spiro atoms. The summed E-state index contributed by atoms with van der Waals surface area (Å²) in [5.74, 6) is 0.277. The SMILES string of the molecule is COCc1cc(C)nc(NN=Cc2ccccc2[N+](=O)[O-])c1C#N. The van der Waals surface area contributed by atoms with E-state index in [1.165, 1.54) is 19.4 Å². The zero-order chi connectivity index (χ0) is 17.5. The van der Waals surface area contributed by atoms with Gasteiger partial charge in [-0.1, -0.05) is 12.1 Å². The Bertz CT molecular complexity index is 827. The van der Waals surface area contributed by atoms with Crippen LogP contribution in [0.3, 0.4) is 0 Å². The second-order valence-corrected chi connectivity index (χ2v) is 4.88. The maximum atomic E-state index is 11.0. The van der Waals surface area contributed by atoms with Gasteiger partial charge in [-0.3, -0.25) is 15.5 Å². The van der Waals surface area contributed by atoms with Crippen molar-refractivity contribution < 1.29 is 9.66 Å². The summed E-state index contributed by atoms with van der Waals surface area (Å²) in [6, 6.07) is 10.1. The molecule has 0 amide bonds. The quantitative estimate of drug-likeness (QED) is 0.496. The number of hydrazone groups is 1. The van der Waals surface area contributed by atoms with Crippen molar-refractivity contribution in [1.82, 2.24) is 4.98 Å². The molecular formula is C16H15N5O3. The number of pyridine rings is 1. The lowest BCUT2D eigenvalue weighted by Crippen LogP contribution is -2.04. The number of aromatic nitrogens is 1. The van der Waals surface area contributed by atoms with Gasteiger partial charge in [0.25, 0.3) is 5.69 Å². The van der Waals surface area contributed by atoms with E-state index >= 15 is 0 Å². The maximum absolute atomic E-state index is 11.0. The number of anilines is 1. The van der Waals surface area contributed by atoms with Gasteiger partial charge in [-0.25, -0.2) is 4.98 Å². The van der Waals surface area contributed by atoms with Crippen LogP contribution < -0.4 is 5.43 Å². The minimum Gasteiger partial charge on any atom is -0.380 e. The van der Waals surface area contributed by atoms with Crippen molar-refractivity contribution in [2.45, 2.75) is 13.5 Å². The fourth-order valence-corrected chi connectivity index (χ4v) is 2.14. The molecule has 0 fully saturated rings. The number of nitrogens with one attached hydrogen (secondary N) is 1. The van der Waals surface area contributed by atoms with Crippen molar-refractivity contribution in [1.29, 1.82) is 5.26 Å². The Kier molecular flexibility index (Phi) is 5.54. The first-order valence-electron chi connectivity index (χ1n) is 6.99. The highest BCUT2D eigenvalue weighted by Gasteiger charge is 2.12. The normalized spacial score (nSPS) is 10.5. The Morgan fingerprint density at radius 1 is 1.50 bits per heavy atom. The molecular weight excluding hydrogens is 310 g/mol. The maximum Gasteiger partial charge on any atom is 0.278 e. The van der Waals surface area contributed by atoms with Crippen LogP contribution in [0, 0.1) is 28.4 Å². The third kappa shape index (κ3) is 3.91. The number of aryl methyl sites for hydroxylation is 1. The predicted octanol–water partition coefficient (Wildman–Crippen LogP) is 2.76. The van der Waals surface area contributed by atoms with Crippen LogP contribution in [-0.2, 0) is 11.3 Å². The fourth-order valence-electron chi connectivity index (χ4n) is 2.14. The van der Waals surface area contributed by atoms with Gasteiger partial charge in [0.05, 0.1) is 23.3 Å². The summed E-state index contributed by atoms with van der Waals surface area (Å²) in [7, 11) is 1.54. The van der Waals surface area contributed by atoms with E-state index < -0.39 is 4.92 Å². The molecule has 0 atom stereocenters. The number of methoxy groups -OCH3 is 1. The molecule has 1 heterocycles. The van der Waals surface area contributed by atoms with E-state index in [1.807, 2.05) is 0 Å². The highest BCUT2D eigenvalue weighted by Crippen LogP contribution is 2.20. The Labute approximate surface area is 138 Å². The van der Waals surface area contributed by atoms with Gasteiger partial charge in [0, 0.05) is 24.4 Å². The zero-order valence-electron chi connectivity index (χ0n) is 13.2. The summed E-state index contributed by atoms with van der Waals surface area (Å²) in [5, 5.41) is 24.3. The molecule has 0 saturated heterocycles. The summed E-state index contributed by atoms with van der Waals surface area (Å²) in [4.78, 5) is 14.7. The van der Waals surface area contributed by atoms with E-state index in [4.69, 9.17) is 4.74 Å². The Morgan fingerprint density at radius 2 is 2.25 bits per heavy atom. The lowest BCUT2D eigenvalue weighted by atomic mass is 10.1. The highest BCUT2D eigenvalue weighted by molar-refractivity contribution is 5.85. The molecule has 0 aliphatic rings. The van der Waals surface area contributed by atoms with E-state index in [9.17, 15) is 15.4 Å². The van der Waals surface area contributed by atoms with Crippen molar-refractivity contribution in [3.63, 3.8) is 0 Å². The molecule has 0 aliphatic heterocycles. The first kappa shape index (κ1) is 17.1. The van der Waals surface area contributed by atoms with Gasteiger partial charge in [-0.15, -0.1) is 0 Å². The molecule has 0 bridgehead atoms. The number of nitrogens with zero attached hydrogens (tertiary/aromatic N) is 4. The fraction of sp³-hybridized carbons (Fsp3) is 0.188. The summed E-state index contributed by atoms with van der Waals surface area (Å²) in [5.41, 5.74) is 4.68. The van der Waals surface area contributed by atoms with Gasteiger partial charge in [0.1, 0.15) is 11.6 Å². The Hall–Kier alpha value is -3.31. The van der Waals surface area contributed by atoms with Gasteiger partial charge in [0.2, 0.25) is 0 Å². The minimum atomic E-state index is -0.482. The molecule has 2 aromatic rings. The molecule has 24 heavy (non-hydrogen) atoms. The summed E-state index contributed by atoms with van der Waals surface area (Å²) >= 11 is 0. The van der Waals surface area contributed by atoms with Crippen molar-refractivity contribution >= 4 is 17.7 Å². The van der Waals surface area contributed by atoms with Crippen LogP contribution in [-0.4, -0.2) is 23.2 Å². The number of nitro benzene ring substituents is 1. The van der Waals surface area contributed by atoms with Crippen LogP contribution in [0.25, 0.3) is 0 Å². The Balaban J connectivity index is 2.30. The molecule has 122 valence electrons. The molecule has 1 aromatic heterocycles. The van der Waals surface area contributed by atoms with Crippen LogP contribution in [0.1, 0.15) is 22.4 Å². The summed E-state index contributed by atoms with van der Waals surface area (Å²) in [6.45, 7) is 2.06. The Morgan fingerprint density at radius 3 is 2.92 bits per heavy atom. The topological polar surface area (TPSA) is 113 Å². The lowest BCUT2D eigenvalue weighted by Gasteiger charge is -2.09. The van der Waals surface area contributed by atoms with Crippen molar-refractivity contribution in [2.75, 3.05) is 12.5 Å². The average molecular weight is 325 g/mol. The second kappa shape index (κ2) is 7.80. The number of para-hydroxylation sites is 1. The average Bonchev–Trinajstić information content (AvgIpc) is 2.55. The predicted molar refractivity (Wildman–Crippen MR) is 88.7 cm³/mol. The molecule has 0 aliphatic carbocycles. The molecule has 0 unspecified atom stereocenters. The number of benzene rings is 1. The van der Waals surface area contributed by atoms with Gasteiger partial charge >= 0.3 is 0 Å². The van der Waals surface area contributed by atoms with Crippen molar-refractivity contribution in [3.8, 4) is 6.07 Å². The smallest absolute Gasteiger partial charge is 0.278 e. The van der Waals surface area contributed by atoms with E-state index in [2.05, 4.69) is 21.6 Å². The van der Waals surface area contributed by atoms with Crippen molar-refractivity contribution in [3.05, 3.63) is 62.8 Å². The van der Waals surface area contributed by atoms with Gasteiger partial charge in [-0.2, -0.15) is 10.4 Å². The number of hydrogen-bond acceptors (Lipinski definition) is 7. The number of hydrogen-bond donors (Lipinski definition) is 1. The number of nitro groups is 1. The van der Waals surface area contributed by atoms with Gasteiger partial charge in [-0.05, 0) is 19.1 Å². The minimum absolute atomic E-state index is 0.0548. The lowest BCUT2D eigenvalue weighted by molar-refractivity contribution is -0.385. The molecule has 8 nitrogen and oxygen atoms in total. The van der Waals surface area contributed by atoms with E-state index in [0.29, 0.717) is 22.4 Å². The van der Waals surface area contributed by atoms with Gasteiger partial charge in [0.15, 0.2) is 5.82 Å². The van der Waals surface area contributed by atoms with Crippen LogP contribution in [0.5, 0.6) is 0 Å². The molecule has 0 radical (unpaired) electrons. The van der Waals surface area contributed by atoms with Crippen LogP contribution >= 0.6 is 0 Å². The summed E-state index contributed by atoms with van der Waals surface area (Å²) < 4.78 is 5.08. The van der Waals surface area contributed by atoms with E-state index in [1.54, 1.807) is 31.2 Å². The van der Waals surface area contributed by atoms with Crippen LogP contribution in [0.4, 0.5) is 11.5 Å². The summed E-state index contributed by atoms with van der Waals surface area (Å²) in [6.07, 6.45) is 1.32. The van der Waals surface area contributed by atoms with Crippen molar-refractivity contribution in [2.24, 2.45) is 5.10 Å². The third-order valence-corrected chi connectivity index (χ3v) is 3.15. The largest absolute Gasteiger partial charge is 0.380 e. The first-order chi connectivity index (χ1) is 11.6.